The summed E-state index contributed by atoms with van der Waals surface area (Å²) in [6.07, 6.45) is 7.50. The standard InChI is InChI=1S/C18H29FN4S/c19-15-6-5-9-17(14-15)23-18(21-11-13-24-12-10-20)22-16-7-3-1-2-4-8-16/h5-6,9,14,16H,1-4,7-8,10-13,20H2,(H2,21,22,23). The topological polar surface area (TPSA) is 62.4 Å². The highest BCUT2D eigenvalue weighted by Gasteiger charge is 2.14. The third kappa shape index (κ3) is 7.53. The molecule has 1 aliphatic carbocycles. The lowest BCUT2D eigenvalue weighted by Gasteiger charge is -2.20. The fraction of sp³-hybridized carbons (Fsp3) is 0.611. The first-order valence-corrected chi connectivity index (χ1v) is 10.0. The predicted octanol–water partition coefficient (Wildman–Crippen LogP) is 3.60. The van der Waals surface area contributed by atoms with Gasteiger partial charge in [0.25, 0.3) is 0 Å². The maximum absolute atomic E-state index is 13.4. The fourth-order valence-corrected chi connectivity index (χ4v) is 3.44. The summed E-state index contributed by atoms with van der Waals surface area (Å²) in [6.45, 7) is 1.42. The van der Waals surface area contributed by atoms with E-state index in [4.69, 9.17) is 5.73 Å². The number of nitrogens with one attached hydrogen (secondary N) is 2. The van der Waals surface area contributed by atoms with Gasteiger partial charge in [-0.2, -0.15) is 11.8 Å². The van der Waals surface area contributed by atoms with Crippen LogP contribution in [-0.4, -0.2) is 36.6 Å². The lowest BCUT2D eigenvalue weighted by Crippen LogP contribution is -2.39. The number of rotatable bonds is 7. The monoisotopic (exact) mass is 352 g/mol. The van der Waals surface area contributed by atoms with E-state index in [2.05, 4.69) is 15.6 Å². The van der Waals surface area contributed by atoms with Gasteiger partial charge in [0.05, 0.1) is 6.54 Å². The van der Waals surface area contributed by atoms with Crippen LogP contribution in [0.25, 0.3) is 0 Å². The molecule has 4 N–H and O–H groups in total. The number of nitrogens with two attached hydrogens (primary N) is 1. The van der Waals surface area contributed by atoms with Gasteiger partial charge >= 0.3 is 0 Å². The van der Waals surface area contributed by atoms with Gasteiger partial charge in [-0.15, -0.1) is 0 Å². The summed E-state index contributed by atoms with van der Waals surface area (Å²) in [4.78, 5) is 4.66. The molecule has 0 bridgehead atoms. The van der Waals surface area contributed by atoms with E-state index < -0.39 is 0 Å². The Balaban J connectivity index is 1.95. The van der Waals surface area contributed by atoms with Crippen LogP contribution in [0, 0.1) is 5.82 Å². The van der Waals surface area contributed by atoms with Crippen LogP contribution >= 0.6 is 11.8 Å². The van der Waals surface area contributed by atoms with Crippen molar-refractivity contribution in [2.75, 3.05) is 29.9 Å². The molecule has 24 heavy (non-hydrogen) atoms. The number of hydrogen-bond donors (Lipinski definition) is 3. The minimum atomic E-state index is -0.243. The van der Waals surface area contributed by atoms with Gasteiger partial charge in [0.2, 0.25) is 0 Å². The third-order valence-electron chi connectivity index (χ3n) is 4.05. The van der Waals surface area contributed by atoms with Crippen LogP contribution in [0.3, 0.4) is 0 Å². The zero-order valence-electron chi connectivity index (χ0n) is 14.3. The molecule has 0 amide bonds. The molecule has 1 fully saturated rings. The van der Waals surface area contributed by atoms with Crippen molar-refractivity contribution in [1.82, 2.24) is 5.32 Å². The summed E-state index contributed by atoms with van der Waals surface area (Å²) in [5.41, 5.74) is 6.23. The summed E-state index contributed by atoms with van der Waals surface area (Å²) >= 11 is 1.81. The van der Waals surface area contributed by atoms with Gasteiger partial charge in [0.1, 0.15) is 5.82 Å². The molecule has 0 spiro atoms. The van der Waals surface area contributed by atoms with Gasteiger partial charge < -0.3 is 16.4 Å². The van der Waals surface area contributed by atoms with Crippen LogP contribution in [0.2, 0.25) is 0 Å². The van der Waals surface area contributed by atoms with Crippen LogP contribution < -0.4 is 16.4 Å². The number of aliphatic imine (C=N–C) groups is 1. The van der Waals surface area contributed by atoms with E-state index in [1.807, 2.05) is 6.07 Å². The minimum Gasteiger partial charge on any atom is -0.353 e. The number of halogens is 1. The number of guanidine groups is 1. The van der Waals surface area contributed by atoms with Crippen LogP contribution in [-0.2, 0) is 0 Å². The summed E-state index contributed by atoms with van der Waals surface area (Å²) in [5.74, 6) is 2.41. The average Bonchev–Trinajstić information content (AvgIpc) is 2.83. The fourth-order valence-electron chi connectivity index (χ4n) is 2.85. The highest BCUT2D eigenvalue weighted by atomic mass is 32.2. The van der Waals surface area contributed by atoms with E-state index in [1.165, 1.54) is 50.7 Å². The molecule has 6 heteroatoms. The average molecular weight is 353 g/mol. The van der Waals surface area contributed by atoms with Gasteiger partial charge in [-0.25, -0.2) is 4.39 Å². The summed E-state index contributed by atoms with van der Waals surface area (Å²) < 4.78 is 13.4. The number of nitrogens with zero attached hydrogens (tertiary/aromatic N) is 1. The first-order valence-electron chi connectivity index (χ1n) is 8.89. The van der Waals surface area contributed by atoms with Crippen LogP contribution in [0.1, 0.15) is 38.5 Å². The first-order chi connectivity index (χ1) is 11.8. The molecule has 4 nitrogen and oxygen atoms in total. The van der Waals surface area contributed by atoms with E-state index >= 15 is 0 Å². The smallest absolute Gasteiger partial charge is 0.196 e. The number of anilines is 1. The van der Waals surface area contributed by atoms with Gasteiger partial charge in [-0.3, -0.25) is 4.99 Å². The molecule has 0 unspecified atom stereocenters. The molecule has 1 aromatic carbocycles. The Kier molecular flexibility index (Phi) is 8.98. The molecule has 0 saturated heterocycles. The molecule has 1 saturated carbocycles. The Labute approximate surface area is 148 Å². The van der Waals surface area contributed by atoms with Gasteiger partial charge in [0.15, 0.2) is 5.96 Å². The van der Waals surface area contributed by atoms with Gasteiger partial charge in [-0.05, 0) is 31.0 Å². The summed E-state index contributed by atoms with van der Waals surface area (Å²) in [5, 5.41) is 6.78. The second-order valence-corrected chi connectivity index (χ2v) is 7.32. The first kappa shape index (κ1) is 19.1. The molecular formula is C18H29FN4S. The van der Waals surface area contributed by atoms with Crippen molar-refractivity contribution in [2.45, 2.75) is 44.6 Å². The molecule has 1 aromatic rings. The molecule has 0 aromatic heterocycles. The molecule has 134 valence electrons. The largest absolute Gasteiger partial charge is 0.353 e. The summed E-state index contributed by atoms with van der Waals surface area (Å²) in [6, 6.07) is 6.95. The van der Waals surface area contributed by atoms with Crippen molar-refractivity contribution in [3.8, 4) is 0 Å². The van der Waals surface area contributed by atoms with Crippen LogP contribution in [0.5, 0.6) is 0 Å². The highest BCUT2D eigenvalue weighted by molar-refractivity contribution is 7.99. The number of benzene rings is 1. The normalized spacial score (nSPS) is 16.7. The maximum Gasteiger partial charge on any atom is 0.196 e. The molecule has 0 heterocycles. The Bertz CT molecular complexity index is 502. The molecule has 0 aliphatic heterocycles. The van der Waals surface area contributed by atoms with E-state index in [0.717, 1.165) is 29.7 Å². The zero-order valence-corrected chi connectivity index (χ0v) is 15.1. The van der Waals surface area contributed by atoms with Crippen molar-refractivity contribution in [1.29, 1.82) is 0 Å². The van der Waals surface area contributed by atoms with E-state index in [9.17, 15) is 4.39 Å². The Morgan fingerprint density at radius 1 is 1.21 bits per heavy atom. The SMILES string of the molecule is NCCSCCN=C(Nc1cccc(F)c1)NC1CCCCCC1. The van der Waals surface area contributed by atoms with Crippen molar-refractivity contribution in [2.24, 2.45) is 10.7 Å². The second kappa shape index (κ2) is 11.3. The van der Waals surface area contributed by atoms with Gasteiger partial charge in [-0.1, -0.05) is 31.7 Å². The Morgan fingerprint density at radius 2 is 2.00 bits per heavy atom. The quantitative estimate of drug-likeness (QED) is 0.304. The van der Waals surface area contributed by atoms with Crippen molar-refractivity contribution in [3.63, 3.8) is 0 Å². The molecule has 0 atom stereocenters. The predicted molar refractivity (Wildman–Crippen MR) is 103 cm³/mol. The van der Waals surface area contributed by atoms with Crippen LogP contribution in [0.4, 0.5) is 10.1 Å². The molecule has 2 rings (SSSR count). The van der Waals surface area contributed by atoms with E-state index in [1.54, 1.807) is 17.8 Å². The Morgan fingerprint density at radius 3 is 2.71 bits per heavy atom. The Hall–Kier alpha value is -1.27. The van der Waals surface area contributed by atoms with Crippen LogP contribution in [0.15, 0.2) is 29.3 Å². The molecule has 1 aliphatic rings. The third-order valence-corrected chi connectivity index (χ3v) is 5.05. The van der Waals surface area contributed by atoms with Crippen molar-refractivity contribution < 1.29 is 4.39 Å². The summed E-state index contributed by atoms with van der Waals surface area (Å²) in [7, 11) is 0. The second-order valence-electron chi connectivity index (χ2n) is 6.10. The highest BCUT2D eigenvalue weighted by Crippen LogP contribution is 2.17. The number of thioether (sulfide) groups is 1. The maximum atomic E-state index is 13.4. The van der Waals surface area contributed by atoms with E-state index in [-0.39, 0.29) is 5.82 Å². The van der Waals surface area contributed by atoms with E-state index in [0.29, 0.717) is 12.6 Å². The number of hydrogen-bond acceptors (Lipinski definition) is 3. The van der Waals surface area contributed by atoms with Crippen molar-refractivity contribution in [3.05, 3.63) is 30.1 Å². The molecular weight excluding hydrogens is 323 g/mol. The lowest BCUT2D eigenvalue weighted by atomic mass is 10.1. The minimum absolute atomic E-state index is 0.243. The zero-order chi connectivity index (χ0) is 17.0. The van der Waals surface area contributed by atoms with Crippen molar-refractivity contribution >= 4 is 23.4 Å². The molecule has 0 radical (unpaired) electrons. The van der Waals surface area contributed by atoms with Gasteiger partial charge in [0, 0.05) is 29.8 Å². The lowest BCUT2D eigenvalue weighted by molar-refractivity contribution is 0.532.